The smallest absolute Gasteiger partial charge is 0.120 e. The fourth-order valence-corrected chi connectivity index (χ4v) is 3.21. The number of nitrogens with zero attached hydrogens (tertiary/aromatic N) is 2. The summed E-state index contributed by atoms with van der Waals surface area (Å²) in [7, 11) is 0. The zero-order valence-electron chi connectivity index (χ0n) is 17.7. The van der Waals surface area contributed by atoms with Crippen LogP contribution in [0.3, 0.4) is 0 Å². The van der Waals surface area contributed by atoms with E-state index in [0.29, 0.717) is 11.5 Å². The van der Waals surface area contributed by atoms with Crippen LogP contribution in [0.4, 0.5) is 0 Å². The summed E-state index contributed by atoms with van der Waals surface area (Å²) in [5.41, 5.74) is 3.76. The third-order valence-electron chi connectivity index (χ3n) is 5.26. The summed E-state index contributed by atoms with van der Waals surface area (Å²) < 4.78 is 0. The fraction of sp³-hybridized carbons (Fsp3) is 0.417. The minimum absolute atomic E-state index is 0.325. The second-order valence-electron chi connectivity index (χ2n) is 7.03. The van der Waals surface area contributed by atoms with Crippen molar-refractivity contribution >= 4 is 12.2 Å². The average Bonchev–Trinajstić information content (AvgIpc) is 2.71. The number of aromatic hydroxyl groups is 2. The quantitative estimate of drug-likeness (QED) is 0.571. The topological polar surface area (TPSA) is 46.9 Å². The molecule has 152 valence electrons. The molecule has 0 aliphatic heterocycles. The highest BCUT2D eigenvalue weighted by atomic mass is 16.3. The molecule has 4 nitrogen and oxygen atoms in total. The molecule has 0 spiro atoms. The van der Waals surface area contributed by atoms with E-state index in [1.165, 1.54) is 0 Å². The van der Waals surface area contributed by atoms with E-state index in [1.54, 1.807) is 12.1 Å². The lowest BCUT2D eigenvalue weighted by Crippen LogP contribution is -2.22. The van der Waals surface area contributed by atoms with Crippen molar-refractivity contribution in [2.45, 2.75) is 40.8 Å². The summed E-state index contributed by atoms with van der Waals surface area (Å²) in [4.78, 5) is 4.54. The zero-order chi connectivity index (χ0) is 20.5. The molecule has 0 bridgehead atoms. The summed E-state index contributed by atoms with van der Waals surface area (Å²) in [5.74, 6) is 0.651. The van der Waals surface area contributed by atoms with Crippen LogP contribution in [-0.2, 0) is 13.1 Å². The molecule has 2 aromatic rings. The van der Waals surface area contributed by atoms with Crippen LogP contribution < -0.4 is 0 Å². The molecule has 0 amide bonds. The van der Waals surface area contributed by atoms with E-state index in [-0.39, 0.29) is 0 Å². The summed E-state index contributed by atoms with van der Waals surface area (Å²) in [6.45, 7) is 13.9. The van der Waals surface area contributed by atoms with Gasteiger partial charge in [-0.3, -0.25) is 9.80 Å². The van der Waals surface area contributed by atoms with Crippen LogP contribution in [0.2, 0.25) is 0 Å². The molecule has 2 aromatic carbocycles. The molecule has 0 aliphatic carbocycles. The molecular weight excluding hydrogens is 348 g/mol. The highest BCUT2D eigenvalue weighted by molar-refractivity contribution is 5.71. The SMILES string of the molecule is CCN(CC)Cc1ccc(/C=C\c2ccc(CN(CC)CC)c(O)c2)cc1O. The lowest BCUT2D eigenvalue weighted by molar-refractivity contribution is 0.291. The Morgan fingerprint density at radius 1 is 0.643 bits per heavy atom. The van der Waals surface area contributed by atoms with E-state index < -0.39 is 0 Å². The van der Waals surface area contributed by atoms with E-state index in [1.807, 2.05) is 36.4 Å². The number of phenolic OH excluding ortho intramolecular Hbond substituents is 2. The molecule has 4 heteroatoms. The molecule has 0 heterocycles. The summed E-state index contributed by atoms with van der Waals surface area (Å²) in [6, 6.07) is 11.6. The van der Waals surface area contributed by atoms with Gasteiger partial charge < -0.3 is 10.2 Å². The Kier molecular flexibility index (Phi) is 8.55. The zero-order valence-corrected chi connectivity index (χ0v) is 17.7. The van der Waals surface area contributed by atoms with Gasteiger partial charge in [-0.1, -0.05) is 64.1 Å². The van der Waals surface area contributed by atoms with Crippen LogP contribution in [0, 0.1) is 0 Å². The van der Waals surface area contributed by atoms with Crippen LogP contribution in [0.1, 0.15) is 49.9 Å². The molecule has 0 saturated carbocycles. The van der Waals surface area contributed by atoms with Gasteiger partial charge in [-0.25, -0.2) is 0 Å². The Morgan fingerprint density at radius 2 is 1.00 bits per heavy atom. The number of hydrogen-bond acceptors (Lipinski definition) is 4. The second kappa shape index (κ2) is 10.9. The van der Waals surface area contributed by atoms with Crippen molar-refractivity contribution < 1.29 is 10.2 Å². The van der Waals surface area contributed by atoms with Gasteiger partial charge in [-0.05, 0) is 49.4 Å². The maximum absolute atomic E-state index is 10.3. The minimum atomic E-state index is 0.325. The van der Waals surface area contributed by atoms with Gasteiger partial charge in [0.1, 0.15) is 11.5 Å². The van der Waals surface area contributed by atoms with E-state index in [4.69, 9.17) is 0 Å². The van der Waals surface area contributed by atoms with Crippen molar-refractivity contribution in [3.8, 4) is 11.5 Å². The van der Waals surface area contributed by atoms with Gasteiger partial charge in [0.2, 0.25) is 0 Å². The monoisotopic (exact) mass is 382 g/mol. The number of rotatable bonds is 10. The first-order valence-electron chi connectivity index (χ1n) is 10.3. The van der Waals surface area contributed by atoms with E-state index in [9.17, 15) is 10.2 Å². The molecule has 0 aliphatic rings. The third-order valence-corrected chi connectivity index (χ3v) is 5.26. The first kappa shape index (κ1) is 22.0. The highest BCUT2D eigenvalue weighted by Gasteiger charge is 2.07. The predicted molar refractivity (Wildman–Crippen MR) is 118 cm³/mol. The highest BCUT2D eigenvalue weighted by Crippen LogP contribution is 2.24. The van der Waals surface area contributed by atoms with Crippen molar-refractivity contribution in [2.24, 2.45) is 0 Å². The van der Waals surface area contributed by atoms with Crippen LogP contribution in [0.15, 0.2) is 36.4 Å². The molecular formula is C24H34N2O2. The van der Waals surface area contributed by atoms with Gasteiger partial charge in [0, 0.05) is 24.2 Å². The summed E-state index contributed by atoms with van der Waals surface area (Å²) in [5, 5.41) is 20.7. The van der Waals surface area contributed by atoms with Crippen molar-refractivity contribution in [1.29, 1.82) is 0 Å². The molecule has 0 atom stereocenters. The van der Waals surface area contributed by atoms with E-state index >= 15 is 0 Å². The lowest BCUT2D eigenvalue weighted by atomic mass is 10.1. The number of benzene rings is 2. The van der Waals surface area contributed by atoms with Gasteiger partial charge in [0.05, 0.1) is 0 Å². The average molecular weight is 383 g/mol. The van der Waals surface area contributed by atoms with E-state index in [2.05, 4.69) is 37.5 Å². The molecule has 0 fully saturated rings. The normalized spacial score (nSPS) is 11.8. The van der Waals surface area contributed by atoms with Crippen LogP contribution >= 0.6 is 0 Å². The van der Waals surface area contributed by atoms with Crippen LogP contribution in [0.5, 0.6) is 11.5 Å². The van der Waals surface area contributed by atoms with Crippen molar-refractivity contribution in [3.63, 3.8) is 0 Å². The van der Waals surface area contributed by atoms with Gasteiger partial charge in [-0.15, -0.1) is 0 Å². The van der Waals surface area contributed by atoms with Gasteiger partial charge in [0.25, 0.3) is 0 Å². The summed E-state index contributed by atoms with van der Waals surface area (Å²) in [6.07, 6.45) is 3.92. The summed E-state index contributed by atoms with van der Waals surface area (Å²) >= 11 is 0. The van der Waals surface area contributed by atoms with Gasteiger partial charge in [0.15, 0.2) is 0 Å². The van der Waals surface area contributed by atoms with Crippen molar-refractivity contribution in [2.75, 3.05) is 26.2 Å². The van der Waals surface area contributed by atoms with Crippen molar-refractivity contribution in [3.05, 3.63) is 58.7 Å². The molecule has 0 saturated heterocycles. The first-order valence-corrected chi connectivity index (χ1v) is 10.3. The largest absolute Gasteiger partial charge is 0.508 e. The number of phenols is 2. The Bertz CT molecular complexity index is 713. The maximum Gasteiger partial charge on any atom is 0.120 e. The second-order valence-corrected chi connectivity index (χ2v) is 7.03. The Labute approximate surface area is 169 Å². The number of hydrogen-bond donors (Lipinski definition) is 2. The molecule has 0 radical (unpaired) electrons. The van der Waals surface area contributed by atoms with Crippen LogP contribution in [-0.4, -0.2) is 46.2 Å². The fourth-order valence-electron chi connectivity index (χ4n) is 3.21. The predicted octanol–water partition coefficient (Wildman–Crippen LogP) is 4.95. The Morgan fingerprint density at radius 3 is 1.29 bits per heavy atom. The molecule has 28 heavy (non-hydrogen) atoms. The third kappa shape index (κ3) is 6.11. The van der Waals surface area contributed by atoms with Crippen molar-refractivity contribution in [1.82, 2.24) is 9.80 Å². The lowest BCUT2D eigenvalue weighted by Gasteiger charge is -2.19. The first-order chi connectivity index (χ1) is 13.5. The van der Waals surface area contributed by atoms with Crippen LogP contribution in [0.25, 0.3) is 12.2 Å². The van der Waals surface area contributed by atoms with Gasteiger partial charge in [-0.2, -0.15) is 0 Å². The molecule has 0 unspecified atom stereocenters. The standard InChI is InChI=1S/C24H34N2O2/c1-5-25(6-2)17-21-13-11-19(15-23(21)27)9-10-20-12-14-22(24(28)16-20)18-26(7-3)8-4/h9-16,27-28H,5-8,17-18H2,1-4H3/b10-9-. The Hall–Kier alpha value is -2.30. The molecule has 0 aromatic heterocycles. The minimum Gasteiger partial charge on any atom is -0.508 e. The molecule has 2 N–H and O–H groups in total. The molecule has 2 rings (SSSR count). The van der Waals surface area contributed by atoms with Gasteiger partial charge >= 0.3 is 0 Å². The van der Waals surface area contributed by atoms with E-state index in [0.717, 1.165) is 61.5 Å². The maximum atomic E-state index is 10.3. The Balaban J connectivity index is 2.09.